The predicted octanol–water partition coefficient (Wildman–Crippen LogP) is 4.43. The van der Waals surface area contributed by atoms with Crippen molar-refractivity contribution >= 4 is 55.1 Å². The van der Waals surface area contributed by atoms with E-state index >= 15 is 0 Å². The van der Waals surface area contributed by atoms with E-state index in [1.165, 1.54) is 31.4 Å². The van der Waals surface area contributed by atoms with E-state index in [1.54, 1.807) is 0 Å². The minimum absolute atomic E-state index is 0.112. The monoisotopic (exact) mass is 488 g/mol. The number of carbonyl (C=O) groups excluding carboxylic acids is 2. The Kier molecular flexibility index (Phi) is 5.96. The van der Waals surface area contributed by atoms with E-state index in [-0.39, 0.29) is 18.3 Å². The van der Waals surface area contributed by atoms with Crippen LogP contribution in [0.5, 0.6) is 0 Å². The SMILES string of the molecule is O=C(COC(=O)C[C@H]1C[C@H]2CC[C@H]1C2)Nc1c(Br)cc([N+](=O)[O-])cc1Br. The van der Waals surface area contributed by atoms with Crippen LogP contribution in [0, 0.1) is 27.9 Å². The molecule has 0 aliphatic heterocycles. The Morgan fingerprint density at radius 3 is 2.46 bits per heavy atom. The first-order valence-corrected chi connectivity index (χ1v) is 10.0. The van der Waals surface area contributed by atoms with Crippen LogP contribution in [0.15, 0.2) is 21.1 Å². The van der Waals surface area contributed by atoms with Crippen LogP contribution in [-0.2, 0) is 14.3 Å². The number of hydrogen-bond acceptors (Lipinski definition) is 5. The molecule has 2 saturated carbocycles. The molecule has 1 aromatic rings. The number of benzene rings is 1. The molecule has 2 aliphatic rings. The number of nitrogens with zero attached hydrogens (tertiary/aromatic N) is 1. The molecule has 3 rings (SSSR count). The molecule has 0 radical (unpaired) electrons. The summed E-state index contributed by atoms with van der Waals surface area (Å²) in [6.45, 7) is -0.379. The molecule has 1 amide bonds. The van der Waals surface area contributed by atoms with Gasteiger partial charge in [-0.1, -0.05) is 6.42 Å². The zero-order chi connectivity index (χ0) is 18.8. The smallest absolute Gasteiger partial charge is 0.306 e. The van der Waals surface area contributed by atoms with Crippen LogP contribution in [0.4, 0.5) is 11.4 Å². The van der Waals surface area contributed by atoms with Crippen molar-refractivity contribution in [1.82, 2.24) is 0 Å². The highest BCUT2D eigenvalue weighted by Gasteiger charge is 2.40. The Balaban J connectivity index is 1.49. The van der Waals surface area contributed by atoms with Gasteiger partial charge in [-0.15, -0.1) is 0 Å². The minimum atomic E-state index is -0.529. The Morgan fingerprint density at radius 2 is 1.92 bits per heavy atom. The van der Waals surface area contributed by atoms with Gasteiger partial charge in [0, 0.05) is 27.5 Å². The highest BCUT2D eigenvalue weighted by Crippen LogP contribution is 2.49. The van der Waals surface area contributed by atoms with Crippen LogP contribution < -0.4 is 5.32 Å². The molecule has 0 spiro atoms. The predicted molar refractivity (Wildman–Crippen MR) is 102 cm³/mol. The average molecular weight is 490 g/mol. The summed E-state index contributed by atoms with van der Waals surface area (Å²) < 4.78 is 5.82. The number of ether oxygens (including phenoxy) is 1. The lowest BCUT2D eigenvalue weighted by atomic mass is 9.86. The molecule has 2 fully saturated rings. The van der Waals surface area contributed by atoms with Crippen molar-refractivity contribution in [3.63, 3.8) is 0 Å². The third-order valence-corrected chi connectivity index (χ3v) is 6.43. The maximum absolute atomic E-state index is 12.0. The maximum atomic E-state index is 12.0. The lowest BCUT2D eigenvalue weighted by molar-refractivity contribution is -0.385. The highest BCUT2D eigenvalue weighted by atomic mass is 79.9. The standard InChI is InChI=1S/C17H18Br2N2O5/c18-13-6-12(21(24)25)7-14(19)17(13)20-15(22)8-26-16(23)5-11-4-9-1-2-10(11)3-9/h6-7,9-11H,1-5,8H2,(H,20,22)/t9-,10-,11+/m0/s1. The summed E-state index contributed by atoms with van der Waals surface area (Å²) in [6, 6.07) is 2.59. The van der Waals surface area contributed by atoms with Crippen molar-refractivity contribution in [2.24, 2.45) is 17.8 Å². The van der Waals surface area contributed by atoms with Crippen LogP contribution in [-0.4, -0.2) is 23.4 Å². The van der Waals surface area contributed by atoms with Gasteiger partial charge in [-0.05, 0) is 68.9 Å². The highest BCUT2D eigenvalue weighted by molar-refractivity contribution is 9.11. The molecule has 0 unspecified atom stereocenters. The van der Waals surface area contributed by atoms with Crippen molar-refractivity contribution in [1.29, 1.82) is 0 Å². The van der Waals surface area contributed by atoms with E-state index in [4.69, 9.17) is 4.74 Å². The van der Waals surface area contributed by atoms with Crippen LogP contribution >= 0.6 is 31.9 Å². The largest absolute Gasteiger partial charge is 0.456 e. The van der Waals surface area contributed by atoms with Crippen molar-refractivity contribution < 1.29 is 19.2 Å². The number of hydrogen-bond donors (Lipinski definition) is 1. The van der Waals surface area contributed by atoms with E-state index < -0.39 is 10.8 Å². The number of amides is 1. The van der Waals surface area contributed by atoms with Gasteiger partial charge >= 0.3 is 5.97 Å². The molecule has 9 heteroatoms. The van der Waals surface area contributed by atoms with E-state index in [2.05, 4.69) is 37.2 Å². The van der Waals surface area contributed by atoms with Crippen molar-refractivity contribution in [2.45, 2.75) is 32.1 Å². The number of nitrogens with one attached hydrogen (secondary N) is 1. The second kappa shape index (κ2) is 8.04. The molecular formula is C17H18Br2N2O5. The summed E-state index contributed by atoms with van der Waals surface area (Å²) in [5, 5.41) is 13.4. The summed E-state index contributed by atoms with van der Waals surface area (Å²) in [6.07, 6.45) is 5.16. The molecule has 26 heavy (non-hydrogen) atoms. The van der Waals surface area contributed by atoms with Gasteiger partial charge < -0.3 is 10.1 Å². The fraction of sp³-hybridized carbons (Fsp3) is 0.529. The number of esters is 1. The average Bonchev–Trinajstić information content (AvgIpc) is 3.18. The fourth-order valence-electron chi connectivity index (χ4n) is 4.01. The maximum Gasteiger partial charge on any atom is 0.306 e. The number of non-ortho nitro benzene ring substituents is 1. The zero-order valence-electron chi connectivity index (χ0n) is 13.9. The molecule has 3 atom stereocenters. The number of fused-ring (bicyclic) bond motifs is 2. The third kappa shape index (κ3) is 4.43. The van der Waals surface area contributed by atoms with Gasteiger partial charge in [-0.3, -0.25) is 19.7 Å². The van der Waals surface area contributed by atoms with Crippen molar-refractivity contribution in [2.75, 3.05) is 11.9 Å². The van der Waals surface area contributed by atoms with Gasteiger partial charge in [0.15, 0.2) is 6.61 Å². The molecule has 7 nitrogen and oxygen atoms in total. The van der Waals surface area contributed by atoms with E-state index in [0.29, 0.717) is 32.9 Å². The Morgan fingerprint density at radius 1 is 1.23 bits per heavy atom. The lowest BCUT2D eigenvalue weighted by Gasteiger charge is -2.20. The second-order valence-corrected chi connectivity index (χ2v) is 8.60. The number of nitro benzene ring substituents is 1. The van der Waals surface area contributed by atoms with Gasteiger partial charge in [-0.2, -0.15) is 0 Å². The van der Waals surface area contributed by atoms with Gasteiger partial charge in [0.1, 0.15) is 0 Å². The molecular weight excluding hydrogens is 472 g/mol. The van der Waals surface area contributed by atoms with Crippen LogP contribution in [0.25, 0.3) is 0 Å². The molecule has 1 N–H and O–H groups in total. The number of carbonyl (C=O) groups is 2. The Hall–Kier alpha value is -1.48. The zero-order valence-corrected chi connectivity index (χ0v) is 17.0. The molecule has 1 aromatic carbocycles. The lowest BCUT2D eigenvalue weighted by Crippen LogP contribution is -2.23. The summed E-state index contributed by atoms with van der Waals surface area (Å²) in [7, 11) is 0. The summed E-state index contributed by atoms with van der Waals surface area (Å²) in [4.78, 5) is 34.3. The van der Waals surface area contributed by atoms with E-state index in [9.17, 15) is 19.7 Å². The first kappa shape index (κ1) is 19.3. The molecule has 0 saturated heterocycles. The molecule has 140 valence electrons. The van der Waals surface area contributed by atoms with Gasteiger partial charge in [0.05, 0.1) is 10.6 Å². The molecule has 2 bridgehead atoms. The molecule has 0 heterocycles. The van der Waals surface area contributed by atoms with Crippen LogP contribution in [0.1, 0.15) is 32.1 Å². The number of halogens is 2. The normalized spacial score (nSPS) is 23.7. The van der Waals surface area contributed by atoms with Gasteiger partial charge in [0.25, 0.3) is 11.6 Å². The minimum Gasteiger partial charge on any atom is -0.456 e. The third-order valence-electron chi connectivity index (χ3n) is 5.18. The quantitative estimate of drug-likeness (QED) is 0.362. The Bertz CT molecular complexity index is 732. The molecule has 0 aromatic heterocycles. The summed E-state index contributed by atoms with van der Waals surface area (Å²) >= 11 is 6.39. The molecule has 2 aliphatic carbocycles. The van der Waals surface area contributed by atoms with Crippen molar-refractivity contribution in [3.8, 4) is 0 Å². The number of nitro groups is 1. The van der Waals surface area contributed by atoms with Crippen LogP contribution in [0.3, 0.4) is 0 Å². The van der Waals surface area contributed by atoms with Gasteiger partial charge in [-0.25, -0.2) is 0 Å². The van der Waals surface area contributed by atoms with E-state index in [1.807, 2.05) is 0 Å². The topological polar surface area (TPSA) is 98.5 Å². The summed E-state index contributed by atoms with van der Waals surface area (Å²) in [5.41, 5.74) is 0.240. The van der Waals surface area contributed by atoms with Crippen molar-refractivity contribution in [3.05, 3.63) is 31.2 Å². The summed E-state index contributed by atoms with van der Waals surface area (Å²) in [5.74, 6) is 0.940. The fourth-order valence-corrected chi connectivity index (χ4v) is 5.37. The van der Waals surface area contributed by atoms with Crippen LogP contribution in [0.2, 0.25) is 0 Å². The second-order valence-electron chi connectivity index (χ2n) is 6.89. The van der Waals surface area contributed by atoms with E-state index in [0.717, 1.165) is 12.3 Å². The van der Waals surface area contributed by atoms with Gasteiger partial charge in [0.2, 0.25) is 0 Å². The Labute approximate surface area is 167 Å². The number of anilines is 1. The first-order valence-electron chi connectivity index (χ1n) is 8.42. The first-order chi connectivity index (χ1) is 12.3. The number of rotatable bonds is 6.